The highest BCUT2D eigenvalue weighted by Gasteiger charge is 2.10. The van der Waals surface area contributed by atoms with E-state index in [0.717, 1.165) is 22.2 Å². The Balaban J connectivity index is 2.95. The molecule has 14 heavy (non-hydrogen) atoms. The lowest BCUT2D eigenvalue weighted by Gasteiger charge is -2.03. The predicted octanol–water partition coefficient (Wildman–Crippen LogP) is 0.645. The Morgan fingerprint density at radius 2 is 2.50 bits per heavy atom. The number of hydrogen-bond acceptors (Lipinski definition) is 3. The lowest BCUT2D eigenvalue weighted by molar-refractivity contribution is 0.747. The van der Waals surface area contributed by atoms with Gasteiger partial charge in [-0.1, -0.05) is 6.92 Å². The summed E-state index contributed by atoms with van der Waals surface area (Å²) in [6.45, 7) is 2.84. The van der Waals surface area contributed by atoms with Crippen LogP contribution in [0.5, 0.6) is 0 Å². The van der Waals surface area contributed by atoms with E-state index in [1.807, 2.05) is 7.05 Å². The number of aromatic nitrogens is 2. The molecule has 0 aliphatic heterocycles. The molecular weight excluding hydrogens is 293 g/mol. The van der Waals surface area contributed by atoms with E-state index in [0.29, 0.717) is 5.84 Å². The lowest BCUT2D eigenvalue weighted by Crippen LogP contribution is -2.31. The van der Waals surface area contributed by atoms with Crippen molar-refractivity contribution in [3.8, 4) is 0 Å². The maximum atomic E-state index is 5.40. The molecule has 1 aromatic heterocycles. The van der Waals surface area contributed by atoms with E-state index in [1.54, 1.807) is 10.9 Å². The average Bonchev–Trinajstić information content (AvgIpc) is 2.51. The molecule has 0 amide bonds. The van der Waals surface area contributed by atoms with Gasteiger partial charge in [0.15, 0.2) is 0 Å². The number of aryl methyl sites for hydroxylation is 1. The van der Waals surface area contributed by atoms with E-state index >= 15 is 0 Å². The van der Waals surface area contributed by atoms with Gasteiger partial charge in [0.25, 0.3) is 0 Å². The van der Waals surface area contributed by atoms with Crippen LogP contribution < -0.4 is 11.3 Å². The van der Waals surface area contributed by atoms with Crippen LogP contribution in [0.3, 0.4) is 0 Å². The quantitative estimate of drug-likeness (QED) is 0.283. The molecule has 0 bridgehead atoms. The van der Waals surface area contributed by atoms with Crippen molar-refractivity contribution in [2.24, 2.45) is 17.9 Å². The Labute approximate surface area is 96.9 Å². The van der Waals surface area contributed by atoms with Crippen LogP contribution >= 0.6 is 22.6 Å². The van der Waals surface area contributed by atoms with Gasteiger partial charge in [0.05, 0.1) is 11.8 Å². The van der Waals surface area contributed by atoms with E-state index in [4.69, 9.17) is 5.84 Å². The summed E-state index contributed by atoms with van der Waals surface area (Å²) >= 11 is 2.21. The zero-order chi connectivity index (χ0) is 10.6. The molecule has 78 valence electrons. The van der Waals surface area contributed by atoms with Gasteiger partial charge >= 0.3 is 0 Å². The molecule has 6 heteroatoms. The number of hydrazine groups is 1. The summed E-state index contributed by atoms with van der Waals surface area (Å²) in [5, 5.41) is 4.13. The first kappa shape index (κ1) is 11.4. The minimum atomic E-state index is 0.698. The number of amidine groups is 1. The first-order valence-corrected chi connectivity index (χ1v) is 5.47. The molecule has 0 saturated carbocycles. The van der Waals surface area contributed by atoms with Gasteiger partial charge in [-0.3, -0.25) is 9.67 Å². The van der Waals surface area contributed by atoms with E-state index in [-0.39, 0.29) is 0 Å². The Morgan fingerprint density at radius 1 is 1.79 bits per heavy atom. The van der Waals surface area contributed by atoms with Gasteiger partial charge in [-0.2, -0.15) is 5.10 Å². The number of nitrogens with zero attached hydrogens (tertiary/aromatic N) is 3. The Morgan fingerprint density at radius 3 is 2.93 bits per heavy atom. The van der Waals surface area contributed by atoms with Crippen LogP contribution in [0.4, 0.5) is 0 Å². The summed E-state index contributed by atoms with van der Waals surface area (Å²) in [5.41, 5.74) is 3.55. The Kier molecular flexibility index (Phi) is 4.33. The Hall–Kier alpha value is -0.630. The second-order valence-electron chi connectivity index (χ2n) is 2.85. The summed E-state index contributed by atoms with van der Waals surface area (Å²) in [7, 11) is 1.89. The predicted molar refractivity (Wildman–Crippen MR) is 64.9 cm³/mol. The number of halogens is 1. The summed E-state index contributed by atoms with van der Waals surface area (Å²) in [6, 6.07) is 0. The fourth-order valence-electron chi connectivity index (χ4n) is 1.01. The van der Waals surface area contributed by atoms with Crippen LogP contribution in [-0.2, 0) is 7.05 Å². The maximum absolute atomic E-state index is 5.40. The van der Waals surface area contributed by atoms with Gasteiger partial charge in [0.2, 0.25) is 0 Å². The molecule has 0 radical (unpaired) electrons. The molecule has 0 spiro atoms. The first-order valence-electron chi connectivity index (χ1n) is 4.39. The standard InChI is InChI=1S/C8H14IN5/c1-3-4-11-8(13-10)6-5-12-14(2)7(6)9/h5H,3-4,10H2,1-2H3,(H,11,13). The van der Waals surface area contributed by atoms with Crippen molar-refractivity contribution in [3.05, 3.63) is 15.5 Å². The van der Waals surface area contributed by atoms with Gasteiger partial charge in [0.1, 0.15) is 9.54 Å². The zero-order valence-electron chi connectivity index (χ0n) is 8.29. The molecule has 0 aromatic carbocycles. The molecule has 0 aliphatic carbocycles. The van der Waals surface area contributed by atoms with Gasteiger partial charge in [-0.15, -0.1) is 0 Å². The van der Waals surface area contributed by atoms with Crippen LogP contribution in [-0.4, -0.2) is 22.2 Å². The molecule has 0 saturated heterocycles. The lowest BCUT2D eigenvalue weighted by atomic mass is 10.3. The number of hydrogen-bond donors (Lipinski definition) is 2. The Bertz CT molecular complexity index is 330. The third-order valence-corrected chi connectivity index (χ3v) is 3.03. The number of aliphatic imine (C=N–C) groups is 1. The minimum absolute atomic E-state index is 0.698. The van der Waals surface area contributed by atoms with E-state index in [1.165, 1.54) is 0 Å². The fraction of sp³-hybridized carbons (Fsp3) is 0.500. The second-order valence-corrected chi connectivity index (χ2v) is 3.87. The smallest absolute Gasteiger partial charge is 0.146 e. The van der Waals surface area contributed by atoms with Gasteiger partial charge in [0, 0.05) is 13.6 Å². The summed E-state index contributed by atoms with van der Waals surface area (Å²) < 4.78 is 2.81. The SMILES string of the molecule is CCCN=C(NN)c1cnn(C)c1I. The molecule has 1 aromatic rings. The maximum Gasteiger partial charge on any atom is 0.146 e. The topological polar surface area (TPSA) is 68.2 Å². The molecule has 0 atom stereocenters. The number of nitrogens with two attached hydrogens (primary N) is 1. The number of nitrogens with one attached hydrogen (secondary N) is 1. The van der Waals surface area contributed by atoms with Crippen LogP contribution in [0.25, 0.3) is 0 Å². The third kappa shape index (κ3) is 2.44. The number of rotatable bonds is 3. The molecule has 0 aliphatic rings. The van der Waals surface area contributed by atoms with E-state index in [9.17, 15) is 0 Å². The highest BCUT2D eigenvalue weighted by molar-refractivity contribution is 14.1. The van der Waals surface area contributed by atoms with Gasteiger partial charge in [-0.25, -0.2) is 5.84 Å². The summed E-state index contributed by atoms with van der Waals surface area (Å²) in [5.74, 6) is 6.10. The second kappa shape index (κ2) is 5.30. The molecule has 1 heterocycles. The summed E-state index contributed by atoms with van der Waals surface area (Å²) in [6.07, 6.45) is 2.76. The largest absolute Gasteiger partial charge is 0.308 e. The minimum Gasteiger partial charge on any atom is -0.308 e. The van der Waals surface area contributed by atoms with Crippen LogP contribution in [0.15, 0.2) is 11.2 Å². The third-order valence-electron chi connectivity index (χ3n) is 1.75. The fourth-order valence-corrected chi connectivity index (χ4v) is 1.53. The van der Waals surface area contributed by atoms with Crippen LogP contribution in [0, 0.1) is 3.70 Å². The van der Waals surface area contributed by atoms with Crippen molar-refractivity contribution in [1.29, 1.82) is 0 Å². The zero-order valence-corrected chi connectivity index (χ0v) is 10.4. The molecule has 0 unspecified atom stereocenters. The molecule has 0 fully saturated rings. The van der Waals surface area contributed by atoms with Gasteiger partial charge in [-0.05, 0) is 29.0 Å². The van der Waals surface area contributed by atoms with Crippen molar-refractivity contribution in [2.45, 2.75) is 13.3 Å². The first-order chi connectivity index (χ1) is 6.70. The van der Waals surface area contributed by atoms with Crippen molar-refractivity contribution < 1.29 is 0 Å². The van der Waals surface area contributed by atoms with Crippen LogP contribution in [0.2, 0.25) is 0 Å². The normalized spacial score (nSPS) is 11.9. The monoisotopic (exact) mass is 307 g/mol. The molecule has 3 N–H and O–H groups in total. The highest BCUT2D eigenvalue weighted by Crippen LogP contribution is 2.10. The van der Waals surface area contributed by atoms with E-state index in [2.05, 4.69) is 45.0 Å². The average molecular weight is 307 g/mol. The van der Waals surface area contributed by atoms with Crippen molar-refractivity contribution >= 4 is 28.4 Å². The van der Waals surface area contributed by atoms with E-state index < -0.39 is 0 Å². The molecule has 1 rings (SSSR count). The van der Waals surface area contributed by atoms with Crippen molar-refractivity contribution in [2.75, 3.05) is 6.54 Å². The van der Waals surface area contributed by atoms with Crippen LogP contribution in [0.1, 0.15) is 18.9 Å². The van der Waals surface area contributed by atoms with Crippen molar-refractivity contribution in [3.63, 3.8) is 0 Å². The van der Waals surface area contributed by atoms with Crippen molar-refractivity contribution in [1.82, 2.24) is 15.2 Å². The summed E-state index contributed by atoms with van der Waals surface area (Å²) in [4.78, 5) is 4.33. The molecule has 5 nitrogen and oxygen atoms in total. The van der Waals surface area contributed by atoms with Gasteiger partial charge < -0.3 is 5.43 Å². The molecular formula is C8H14IN5. The highest BCUT2D eigenvalue weighted by atomic mass is 127.